The number of nitrogens with two attached hydrogens (primary N) is 1. The number of hydrogen-bond donors (Lipinski definition) is 2. The van der Waals surface area contributed by atoms with Crippen molar-refractivity contribution in [2.24, 2.45) is 10.9 Å². The predicted molar refractivity (Wildman–Crippen MR) is 59.2 cm³/mol. The van der Waals surface area contributed by atoms with Gasteiger partial charge in [0.2, 0.25) is 5.88 Å². The van der Waals surface area contributed by atoms with Gasteiger partial charge in [0.05, 0.1) is 17.1 Å². The Hall–Kier alpha value is -2.38. The van der Waals surface area contributed by atoms with Crippen molar-refractivity contribution >= 4 is 11.5 Å². The van der Waals surface area contributed by atoms with Gasteiger partial charge in [-0.3, -0.25) is 10.1 Å². The van der Waals surface area contributed by atoms with Gasteiger partial charge in [-0.1, -0.05) is 12.1 Å². The lowest BCUT2D eigenvalue weighted by atomic mass is 10.2. The Bertz CT molecular complexity index is 447. The van der Waals surface area contributed by atoms with E-state index < -0.39 is 4.92 Å². The van der Waals surface area contributed by atoms with Crippen molar-refractivity contribution in [3.8, 4) is 5.88 Å². The minimum absolute atomic E-state index is 0.0927. The van der Waals surface area contributed by atoms with E-state index in [2.05, 4.69) is 10.1 Å². The summed E-state index contributed by atoms with van der Waals surface area (Å²) in [6, 6.07) is 1.15. The van der Waals surface area contributed by atoms with E-state index in [1.165, 1.54) is 0 Å². The smallest absolute Gasteiger partial charge is 0.288 e. The van der Waals surface area contributed by atoms with E-state index in [-0.39, 0.29) is 23.0 Å². The quantitative estimate of drug-likeness (QED) is 0.259. The van der Waals surface area contributed by atoms with E-state index in [1.807, 2.05) is 6.92 Å². The first-order valence-electron chi connectivity index (χ1n) is 4.85. The number of hydrogen-bond acceptors (Lipinski definition) is 6. The topological polar surface area (TPSA) is 124 Å². The molecule has 8 nitrogen and oxygen atoms in total. The Kier molecular flexibility index (Phi) is 4.21. The van der Waals surface area contributed by atoms with Crippen molar-refractivity contribution in [1.82, 2.24) is 4.98 Å². The fourth-order valence-electron chi connectivity index (χ4n) is 1.09. The molecule has 0 radical (unpaired) electrons. The molecule has 17 heavy (non-hydrogen) atoms. The number of pyridine rings is 1. The van der Waals surface area contributed by atoms with Crippen molar-refractivity contribution in [2.45, 2.75) is 13.3 Å². The summed E-state index contributed by atoms with van der Waals surface area (Å²) in [6.07, 6.45) is 1.80. The molecule has 0 unspecified atom stereocenters. The molecule has 0 spiro atoms. The second kappa shape index (κ2) is 5.64. The van der Waals surface area contributed by atoms with Gasteiger partial charge in [-0.2, -0.15) is 0 Å². The van der Waals surface area contributed by atoms with Crippen LogP contribution in [-0.4, -0.2) is 27.6 Å². The molecule has 8 heteroatoms. The van der Waals surface area contributed by atoms with Crippen LogP contribution in [0.15, 0.2) is 17.4 Å². The summed E-state index contributed by atoms with van der Waals surface area (Å²) in [5.41, 5.74) is 5.23. The van der Waals surface area contributed by atoms with E-state index in [0.29, 0.717) is 6.61 Å². The summed E-state index contributed by atoms with van der Waals surface area (Å²) >= 11 is 0. The van der Waals surface area contributed by atoms with Crippen LogP contribution in [0.4, 0.5) is 5.69 Å². The van der Waals surface area contributed by atoms with Crippen molar-refractivity contribution in [3.63, 3.8) is 0 Å². The second-order valence-corrected chi connectivity index (χ2v) is 3.14. The van der Waals surface area contributed by atoms with Crippen LogP contribution in [0.5, 0.6) is 5.88 Å². The molecule has 0 aliphatic rings. The number of oxime groups is 1. The molecule has 1 rings (SSSR count). The number of ether oxygens (including phenoxy) is 1. The molecular formula is C9H12N4O4. The van der Waals surface area contributed by atoms with Crippen LogP contribution in [0, 0.1) is 10.1 Å². The zero-order valence-corrected chi connectivity index (χ0v) is 9.16. The van der Waals surface area contributed by atoms with Gasteiger partial charge in [-0.15, -0.1) is 0 Å². The Morgan fingerprint density at radius 2 is 2.47 bits per heavy atom. The molecule has 0 aliphatic carbocycles. The molecule has 0 atom stereocenters. The average Bonchev–Trinajstić information content (AvgIpc) is 2.35. The van der Waals surface area contributed by atoms with E-state index in [1.54, 1.807) is 0 Å². The highest BCUT2D eigenvalue weighted by molar-refractivity contribution is 5.99. The number of nitrogens with zero attached hydrogens (tertiary/aromatic N) is 3. The maximum absolute atomic E-state index is 10.6. The number of aromatic nitrogens is 1. The van der Waals surface area contributed by atoms with E-state index in [4.69, 9.17) is 15.7 Å². The predicted octanol–water partition coefficient (Wildman–Crippen LogP) is 0.873. The lowest BCUT2D eigenvalue weighted by molar-refractivity contribution is -0.385. The van der Waals surface area contributed by atoms with Gasteiger partial charge in [-0.25, -0.2) is 4.98 Å². The molecule has 0 amide bonds. The zero-order valence-electron chi connectivity index (χ0n) is 9.16. The first kappa shape index (κ1) is 12.7. The molecule has 92 valence electrons. The van der Waals surface area contributed by atoms with Gasteiger partial charge in [0.1, 0.15) is 6.20 Å². The van der Waals surface area contributed by atoms with Crippen molar-refractivity contribution < 1.29 is 14.9 Å². The van der Waals surface area contributed by atoms with Crippen molar-refractivity contribution in [2.75, 3.05) is 6.61 Å². The third-order valence-electron chi connectivity index (χ3n) is 1.87. The fraction of sp³-hybridized carbons (Fsp3) is 0.333. The highest BCUT2D eigenvalue weighted by atomic mass is 16.6. The van der Waals surface area contributed by atoms with E-state index >= 15 is 0 Å². The van der Waals surface area contributed by atoms with Crippen LogP contribution in [-0.2, 0) is 0 Å². The van der Waals surface area contributed by atoms with Crippen LogP contribution in [0.1, 0.15) is 18.9 Å². The number of nitro groups is 1. The summed E-state index contributed by atoms with van der Waals surface area (Å²) in [5.74, 6) is -0.181. The molecule has 0 fully saturated rings. The van der Waals surface area contributed by atoms with Crippen LogP contribution in [0.3, 0.4) is 0 Å². The minimum atomic E-state index is -0.620. The van der Waals surface area contributed by atoms with Gasteiger partial charge >= 0.3 is 0 Å². The Morgan fingerprint density at radius 1 is 1.76 bits per heavy atom. The molecule has 1 heterocycles. The first-order chi connectivity index (χ1) is 8.10. The highest BCUT2D eigenvalue weighted by Gasteiger charge is 2.16. The summed E-state index contributed by atoms with van der Waals surface area (Å²) in [5, 5.41) is 21.9. The average molecular weight is 240 g/mol. The number of rotatable bonds is 5. The molecule has 0 saturated heterocycles. The van der Waals surface area contributed by atoms with Gasteiger partial charge in [0.15, 0.2) is 5.84 Å². The molecule has 3 N–H and O–H groups in total. The van der Waals surface area contributed by atoms with E-state index in [0.717, 1.165) is 18.7 Å². The third-order valence-corrected chi connectivity index (χ3v) is 1.87. The van der Waals surface area contributed by atoms with Gasteiger partial charge in [0, 0.05) is 6.07 Å². The highest BCUT2D eigenvalue weighted by Crippen LogP contribution is 2.20. The molecular weight excluding hydrogens is 228 g/mol. The molecule has 1 aromatic rings. The maximum atomic E-state index is 10.6. The molecule has 0 bridgehead atoms. The molecule has 0 aromatic carbocycles. The standard InChI is InChI=1S/C9H12N4O4/c1-2-3-17-9-7(8(10)12-14)4-6(5-11-9)13(15)16/h4-5,14H,2-3H2,1H3,(H2,10,12). The van der Waals surface area contributed by atoms with Crippen LogP contribution in [0.25, 0.3) is 0 Å². The molecule has 0 saturated carbocycles. The third kappa shape index (κ3) is 3.03. The maximum Gasteiger partial charge on any atom is 0.288 e. The van der Waals surface area contributed by atoms with Crippen LogP contribution >= 0.6 is 0 Å². The SMILES string of the molecule is CCCOc1ncc([N+](=O)[O-])cc1/C(N)=N/O. The summed E-state index contributed by atoms with van der Waals surface area (Å²) < 4.78 is 5.24. The van der Waals surface area contributed by atoms with Gasteiger partial charge < -0.3 is 15.7 Å². The fourth-order valence-corrected chi connectivity index (χ4v) is 1.09. The first-order valence-corrected chi connectivity index (χ1v) is 4.85. The van der Waals surface area contributed by atoms with Crippen molar-refractivity contribution in [1.29, 1.82) is 0 Å². The molecule has 1 aromatic heterocycles. The Morgan fingerprint density at radius 3 is 3.00 bits per heavy atom. The van der Waals surface area contributed by atoms with Crippen molar-refractivity contribution in [3.05, 3.63) is 27.9 Å². The van der Waals surface area contributed by atoms with Crippen LogP contribution < -0.4 is 10.5 Å². The summed E-state index contributed by atoms with van der Waals surface area (Å²) in [4.78, 5) is 13.7. The van der Waals surface area contributed by atoms with Crippen LogP contribution in [0.2, 0.25) is 0 Å². The number of amidine groups is 1. The Labute approximate surface area is 96.9 Å². The second-order valence-electron chi connectivity index (χ2n) is 3.14. The normalized spacial score (nSPS) is 11.2. The minimum Gasteiger partial charge on any atom is -0.477 e. The Balaban J connectivity index is 3.17. The molecule has 0 aliphatic heterocycles. The lowest BCUT2D eigenvalue weighted by Crippen LogP contribution is -2.16. The summed E-state index contributed by atoms with van der Waals surface area (Å²) in [7, 11) is 0. The summed E-state index contributed by atoms with van der Waals surface area (Å²) in [6.45, 7) is 2.28. The van der Waals surface area contributed by atoms with Gasteiger partial charge in [0.25, 0.3) is 5.69 Å². The zero-order chi connectivity index (χ0) is 12.8. The van der Waals surface area contributed by atoms with E-state index in [9.17, 15) is 10.1 Å². The van der Waals surface area contributed by atoms with Gasteiger partial charge in [-0.05, 0) is 6.42 Å². The monoisotopic (exact) mass is 240 g/mol. The largest absolute Gasteiger partial charge is 0.477 e. The lowest BCUT2D eigenvalue weighted by Gasteiger charge is -2.07.